The van der Waals surface area contributed by atoms with Gasteiger partial charge < -0.3 is 9.32 Å². The normalized spacial score (nSPS) is 19.9. The maximum atomic E-state index is 11.9. The maximum Gasteiger partial charge on any atom is 0.417 e. The third kappa shape index (κ3) is 1.86. The Hall–Kier alpha value is -1.56. The average Bonchev–Trinajstić information content (AvgIpc) is 2.89. The molecule has 1 fully saturated rings. The van der Waals surface area contributed by atoms with Crippen LogP contribution in [-0.4, -0.2) is 22.8 Å². The number of carbonyl (C=O) groups is 1. The Labute approximate surface area is 111 Å². The molecule has 2 aromatic rings. The number of nitrogens with zero attached hydrogens (tertiary/aromatic N) is 1. The van der Waals surface area contributed by atoms with Gasteiger partial charge in [0.15, 0.2) is 5.58 Å². The predicted octanol–water partition coefficient (Wildman–Crippen LogP) is 1.87. The second-order valence-electron chi connectivity index (χ2n) is 4.42. The number of alkyl halides is 1. The van der Waals surface area contributed by atoms with E-state index >= 15 is 0 Å². The Morgan fingerprint density at radius 3 is 3.00 bits per heavy atom. The van der Waals surface area contributed by atoms with Crippen LogP contribution in [0.25, 0.3) is 11.1 Å². The number of hydrogen-bond acceptors (Lipinski definition) is 3. The Bertz CT molecular complexity index is 661. The molecule has 1 aliphatic heterocycles. The number of hydrogen-bond donors (Lipinski definition) is 1. The Kier molecular flexibility index (Phi) is 2.74. The van der Waals surface area contributed by atoms with Crippen LogP contribution in [0.15, 0.2) is 27.4 Å². The second-order valence-corrected chi connectivity index (χ2v) is 5.07. The summed E-state index contributed by atoms with van der Waals surface area (Å²) in [5, 5.41) is 0.819. The average molecular weight is 311 g/mol. The molecule has 0 saturated carbocycles. The molecule has 1 aliphatic rings. The van der Waals surface area contributed by atoms with Crippen molar-refractivity contribution in [1.82, 2.24) is 4.98 Å². The third-order valence-corrected chi connectivity index (χ3v) is 4.05. The minimum atomic E-state index is -0.478. The predicted molar refractivity (Wildman–Crippen MR) is 71.1 cm³/mol. The van der Waals surface area contributed by atoms with Crippen molar-refractivity contribution in [3.63, 3.8) is 0 Å². The van der Waals surface area contributed by atoms with E-state index in [1.165, 1.54) is 0 Å². The minimum Gasteiger partial charge on any atom is -0.408 e. The van der Waals surface area contributed by atoms with Crippen LogP contribution < -0.4 is 10.7 Å². The van der Waals surface area contributed by atoms with E-state index in [1.54, 1.807) is 23.1 Å². The molecule has 1 saturated heterocycles. The van der Waals surface area contributed by atoms with Gasteiger partial charge in [0.1, 0.15) is 0 Å². The summed E-state index contributed by atoms with van der Waals surface area (Å²) in [6, 6.07) is 5.28. The van der Waals surface area contributed by atoms with Crippen molar-refractivity contribution >= 4 is 38.6 Å². The first-order valence-corrected chi connectivity index (χ1v) is 6.79. The zero-order chi connectivity index (χ0) is 12.7. The van der Waals surface area contributed by atoms with Crippen LogP contribution in [0, 0.1) is 5.92 Å². The summed E-state index contributed by atoms with van der Waals surface area (Å²) >= 11 is 3.41. The van der Waals surface area contributed by atoms with Gasteiger partial charge in [-0.25, -0.2) is 4.79 Å². The molecule has 6 heteroatoms. The zero-order valence-electron chi connectivity index (χ0n) is 9.48. The van der Waals surface area contributed by atoms with Gasteiger partial charge in [-0.3, -0.25) is 9.78 Å². The molecule has 18 heavy (non-hydrogen) atoms. The topological polar surface area (TPSA) is 66.3 Å². The first-order chi connectivity index (χ1) is 8.67. The lowest BCUT2D eigenvalue weighted by atomic mass is 10.2. The summed E-state index contributed by atoms with van der Waals surface area (Å²) in [7, 11) is 0. The zero-order valence-corrected chi connectivity index (χ0v) is 11.1. The fraction of sp³-hybridized carbons (Fsp3) is 0.333. The van der Waals surface area contributed by atoms with Crippen LogP contribution in [0.3, 0.4) is 0 Å². The molecule has 0 radical (unpaired) electrons. The van der Waals surface area contributed by atoms with Crippen molar-refractivity contribution in [3.8, 4) is 0 Å². The Morgan fingerprint density at radius 1 is 1.44 bits per heavy atom. The molecule has 5 nitrogen and oxygen atoms in total. The lowest BCUT2D eigenvalue weighted by molar-refractivity contribution is -0.117. The molecule has 0 aliphatic carbocycles. The van der Waals surface area contributed by atoms with Crippen LogP contribution >= 0.6 is 15.9 Å². The molecule has 2 heterocycles. The summed E-state index contributed by atoms with van der Waals surface area (Å²) in [5.41, 5.74) is 1.92. The van der Waals surface area contributed by atoms with Crippen molar-refractivity contribution in [1.29, 1.82) is 0 Å². The van der Waals surface area contributed by atoms with Crippen molar-refractivity contribution in [3.05, 3.63) is 28.7 Å². The summed E-state index contributed by atoms with van der Waals surface area (Å²) in [4.78, 5) is 27.3. The van der Waals surface area contributed by atoms with Gasteiger partial charge in [-0.15, -0.1) is 0 Å². The van der Waals surface area contributed by atoms with Gasteiger partial charge in [-0.1, -0.05) is 15.9 Å². The standard InChI is InChI=1S/C12H11BrN2O3/c13-5-7-3-11(16)15(6-7)8-1-2-10-9(4-8)14-12(17)18-10/h1-2,4,7H,3,5-6H2,(H,14,17). The van der Waals surface area contributed by atoms with Gasteiger partial charge >= 0.3 is 5.76 Å². The number of fused-ring (bicyclic) bond motifs is 1. The number of oxazole rings is 1. The second kappa shape index (κ2) is 4.28. The quantitative estimate of drug-likeness (QED) is 0.861. The number of H-pyrrole nitrogens is 1. The number of benzene rings is 1. The fourth-order valence-electron chi connectivity index (χ4n) is 2.24. The van der Waals surface area contributed by atoms with Crippen LogP contribution in [0.4, 0.5) is 5.69 Å². The molecule has 1 aromatic heterocycles. The van der Waals surface area contributed by atoms with E-state index < -0.39 is 5.76 Å². The van der Waals surface area contributed by atoms with E-state index in [0.717, 1.165) is 11.0 Å². The van der Waals surface area contributed by atoms with Crippen molar-refractivity contribution in [2.45, 2.75) is 6.42 Å². The monoisotopic (exact) mass is 310 g/mol. The van der Waals surface area contributed by atoms with E-state index in [2.05, 4.69) is 20.9 Å². The van der Waals surface area contributed by atoms with Crippen molar-refractivity contribution in [2.24, 2.45) is 5.92 Å². The lowest BCUT2D eigenvalue weighted by Crippen LogP contribution is -2.24. The number of rotatable bonds is 2. The van der Waals surface area contributed by atoms with E-state index in [-0.39, 0.29) is 5.91 Å². The molecular weight excluding hydrogens is 300 g/mol. The van der Waals surface area contributed by atoms with Crippen LogP contribution in [0.1, 0.15) is 6.42 Å². The molecule has 1 unspecified atom stereocenters. The number of aromatic amines is 1. The number of anilines is 1. The van der Waals surface area contributed by atoms with Crippen LogP contribution in [0.2, 0.25) is 0 Å². The van der Waals surface area contributed by atoms with Gasteiger partial charge in [0.2, 0.25) is 5.91 Å². The van der Waals surface area contributed by atoms with Gasteiger partial charge in [0.05, 0.1) is 5.52 Å². The highest BCUT2D eigenvalue weighted by atomic mass is 79.9. The number of amides is 1. The highest BCUT2D eigenvalue weighted by molar-refractivity contribution is 9.09. The molecule has 94 valence electrons. The summed E-state index contributed by atoms with van der Waals surface area (Å²) in [6.45, 7) is 0.706. The fourth-order valence-corrected chi connectivity index (χ4v) is 2.68. The lowest BCUT2D eigenvalue weighted by Gasteiger charge is -2.16. The number of aromatic nitrogens is 1. The number of nitrogens with one attached hydrogen (secondary N) is 1. The first kappa shape index (κ1) is 11.5. The summed E-state index contributed by atoms with van der Waals surface area (Å²) < 4.78 is 4.93. The minimum absolute atomic E-state index is 0.115. The SMILES string of the molecule is O=C1CC(CBr)CN1c1ccc2oc(=O)[nH]c2c1. The molecular formula is C12H11BrN2O3. The van der Waals surface area contributed by atoms with Crippen molar-refractivity contribution < 1.29 is 9.21 Å². The molecule has 3 rings (SSSR count). The Balaban J connectivity index is 1.99. The molecule has 0 bridgehead atoms. The van der Waals surface area contributed by atoms with Gasteiger partial charge in [-0.2, -0.15) is 0 Å². The van der Waals surface area contributed by atoms with Crippen molar-refractivity contribution in [2.75, 3.05) is 16.8 Å². The first-order valence-electron chi connectivity index (χ1n) is 5.66. The largest absolute Gasteiger partial charge is 0.417 e. The van der Waals surface area contributed by atoms with Crippen LogP contribution in [0.5, 0.6) is 0 Å². The van der Waals surface area contributed by atoms with E-state index in [0.29, 0.717) is 30.0 Å². The van der Waals surface area contributed by atoms with Crippen LogP contribution in [-0.2, 0) is 4.79 Å². The number of carbonyl (C=O) groups excluding carboxylic acids is 1. The van der Waals surface area contributed by atoms with Gasteiger partial charge in [0.25, 0.3) is 0 Å². The highest BCUT2D eigenvalue weighted by Crippen LogP contribution is 2.27. The maximum absolute atomic E-state index is 11.9. The van der Waals surface area contributed by atoms with E-state index in [9.17, 15) is 9.59 Å². The molecule has 1 amide bonds. The van der Waals surface area contributed by atoms with E-state index in [4.69, 9.17) is 4.42 Å². The summed E-state index contributed by atoms with van der Waals surface area (Å²) in [5.74, 6) is -0.0190. The molecule has 1 N–H and O–H groups in total. The molecule has 1 aromatic carbocycles. The molecule has 1 atom stereocenters. The molecule has 0 spiro atoms. The highest BCUT2D eigenvalue weighted by Gasteiger charge is 2.29. The third-order valence-electron chi connectivity index (χ3n) is 3.14. The smallest absolute Gasteiger partial charge is 0.408 e. The van der Waals surface area contributed by atoms with Gasteiger partial charge in [-0.05, 0) is 24.1 Å². The van der Waals surface area contributed by atoms with Gasteiger partial charge in [0, 0.05) is 24.0 Å². The van der Waals surface area contributed by atoms with E-state index in [1.807, 2.05) is 0 Å². The number of halogens is 1. The summed E-state index contributed by atoms with van der Waals surface area (Å²) in [6.07, 6.45) is 0.561. The Morgan fingerprint density at radius 2 is 2.28 bits per heavy atom.